The minimum absolute atomic E-state index is 0.224. The van der Waals surface area contributed by atoms with Crippen molar-refractivity contribution in [1.29, 1.82) is 0 Å². The second kappa shape index (κ2) is 5.36. The van der Waals surface area contributed by atoms with Crippen LogP contribution in [0.2, 0.25) is 0 Å². The Bertz CT molecular complexity index is 694. The number of aromatic nitrogens is 1. The smallest absolute Gasteiger partial charge is 0.336 e. The molecule has 2 aromatic rings. The van der Waals surface area contributed by atoms with Crippen LogP contribution in [0.1, 0.15) is 45.0 Å². The number of hydrogen-bond donors (Lipinski definition) is 2. The third-order valence-corrected chi connectivity index (χ3v) is 3.49. The standard InChI is InChI=1S/C16H14N2O3/c19-15(11-3-2-8-17-9-11)18-13-5-1-4-12(16(20)21)14(13)10-6-7-10/h1-5,8-10H,6-7H2,(H,18,19)(H,20,21). The van der Waals surface area contributed by atoms with Crippen LogP contribution in [0.15, 0.2) is 42.7 Å². The molecule has 0 radical (unpaired) electrons. The van der Waals surface area contributed by atoms with Crippen LogP contribution in [-0.2, 0) is 0 Å². The Kier molecular flexibility index (Phi) is 3.39. The fourth-order valence-electron chi connectivity index (χ4n) is 2.36. The quantitative estimate of drug-likeness (QED) is 0.903. The van der Waals surface area contributed by atoms with Gasteiger partial charge in [0.15, 0.2) is 0 Å². The highest BCUT2D eigenvalue weighted by atomic mass is 16.4. The zero-order valence-electron chi connectivity index (χ0n) is 11.2. The van der Waals surface area contributed by atoms with Crippen LogP contribution < -0.4 is 5.32 Å². The lowest BCUT2D eigenvalue weighted by molar-refractivity contribution is 0.0695. The summed E-state index contributed by atoms with van der Waals surface area (Å²) in [6, 6.07) is 8.32. The third kappa shape index (κ3) is 2.76. The molecule has 0 aliphatic heterocycles. The topological polar surface area (TPSA) is 79.3 Å². The maximum atomic E-state index is 12.2. The number of carbonyl (C=O) groups is 2. The number of amides is 1. The van der Waals surface area contributed by atoms with E-state index < -0.39 is 5.97 Å². The van der Waals surface area contributed by atoms with E-state index >= 15 is 0 Å². The van der Waals surface area contributed by atoms with Gasteiger partial charge in [-0.25, -0.2) is 4.79 Å². The summed E-state index contributed by atoms with van der Waals surface area (Å²) in [6.07, 6.45) is 4.99. The first-order valence-corrected chi connectivity index (χ1v) is 6.74. The van der Waals surface area contributed by atoms with Gasteiger partial charge >= 0.3 is 5.97 Å². The van der Waals surface area contributed by atoms with Crippen molar-refractivity contribution in [3.8, 4) is 0 Å². The number of anilines is 1. The number of hydrogen-bond acceptors (Lipinski definition) is 3. The molecule has 0 spiro atoms. The molecule has 3 rings (SSSR count). The van der Waals surface area contributed by atoms with Gasteiger partial charge in [-0.3, -0.25) is 9.78 Å². The molecule has 1 fully saturated rings. The van der Waals surface area contributed by atoms with Crippen LogP contribution in [-0.4, -0.2) is 22.0 Å². The monoisotopic (exact) mass is 282 g/mol. The van der Waals surface area contributed by atoms with Crippen molar-refractivity contribution >= 4 is 17.6 Å². The van der Waals surface area contributed by atoms with Gasteiger partial charge in [-0.05, 0) is 48.6 Å². The lowest BCUT2D eigenvalue weighted by Crippen LogP contribution is -2.15. The number of rotatable bonds is 4. The molecule has 1 heterocycles. The summed E-state index contributed by atoms with van der Waals surface area (Å²) in [5.41, 5.74) is 2.01. The first kappa shape index (κ1) is 13.3. The van der Waals surface area contributed by atoms with E-state index in [4.69, 9.17) is 0 Å². The Morgan fingerprint density at radius 2 is 2.00 bits per heavy atom. The lowest BCUT2D eigenvalue weighted by Gasteiger charge is -2.13. The average Bonchev–Trinajstić information content (AvgIpc) is 3.32. The predicted molar refractivity (Wildman–Crippen MR) is 77.6 cm³/mol. The summed E-state index contributed by atoms with van der Waals surface area (Å²) in [6.45, 7) is 0. The summed E-state index contributed by atoms with van der Waals surface area (Å²) in [5.74, 6) is -1.02. The lowest BCUT2D eigenvalue weighted by atomic mass is 10.0. The van der Waals surface area contributed by atoms with E-state index in [0.717, 1.165) is 18.4 Å². The molecule has 106 valence electrons. The van der Waals surface area contributed by atoms with Gasteiger partial charge in [-0.2, -0.15) is 0 Å². The van der Waals surface area contributed by atoms with E-state index in [9.17, 15) is 14.7 Å². The minimum atomic E-state index is -0.964. The molecule has 0 bridgehead atoms. The maximum absolute atomic E-state index is 12.2. The predicted octanol–water partition coefficient (Wildman–Crippen LogP) is 2.91. The van der Waals surface area contributed by atoms with Gasteiger partial charge in [0.05, 0.1) is 11.1 Å². The normalized spacial score (nSPS) is 13.7. The second-order valence-corrected chi connectivity index (χ2v) is 5.04. The Balaban J connectivity index is 1.94. The Morgan fingerprint density at radius 1 is 1.19 bits per heavy atom. The molecule has 0 atom stereocenters. The number of carboxylic acids is 1. The molecule has 1 saturated carbocycles. The Hall–Kier alpha value is -2.69. The number of benzene rings is 1. The van der Waals surface area contributed by atoms with E-state index in [1.54, 1.807) is 36.5 Å². The molecule has 21 heavy (non-hydrogen) atoms. The summed E-state index contributed by atoms with van der Waals surface area (Å²) in [5, 5.41) is 12.1. The van der Waals surface area contributed by atoms with Gasteiger partial charge in [-0.1, -0.05) is 6.07 Å². The molecule has 0 saturated heterocycles. The van der Waals surface area contributed by atoms with Crippen molar-refractivity contribution in [3.63, 3.8) is 0 Å². The molecular formula is C16H14N2O3. The van der Waals surface area contributed by atoms with Gasteiger partial charge in [0.25, 0.3) is 5.91 Å². The number of aromatic carboxylic acids is 1. The van der Waals surface area contributed by atoms with Crippen LogP contribution in [0.4, 0.5) is 5.69 Å². The molecule has 0 unspecified atom stereocenters. The van der Waals surface area contributed by atoms with Crippen LogP contribution in [0.25, 0.3) is 0 Å². The highest BCUT2D eigenvalue weighted by molar-refractivity contribution is 6.05. The van der Waals surface area contributed by atoms with Crippen molar-refractivity contribution in [2.75, 3.05) is 5.32 Å². The summed E-state index contributed by atoms with van der Waals surface area (Å²) in [7, 11) is 0. The average molecular weight is 282 g/mol. The van der Waals surface area contributed by atoms with Crippen molar-refractivity contribution in [1.82, 2.24) is 4.98 Å². The van der Waals surface area contributed by atoms with E-state index in [2.05, 4.69) is 10.3 Å². The molecule has 1 aromatic heterocycles. The summed E-state index contributed by atoms with van der Waals surface area (Å²) < 4.78 is 0. The Morgan fingerprint density at radius 3 is 2.62 bits per heavy atom. The summed E-state index contributed by atoms with van der Waals surface area (Å²) >= 11 is 0. The van der Waals surface area contributed by atoms with Gasteiger partial charge in [-0.15, -0.1) is 0 Å². The third-order valence-electron chi connectivity index (χ3n) is 3.49. The molecule has 1 aromatic carbocycles. The SMILES string of the molecule is O=C(Nc1cccc(C(=O)O)c1C1CC1)c1cccnc1. The van der Waals surface area contributed by atoms with Gasteiger partial charge in [0.1, 0.15) is 0 Å². The molecule has 5 nitrogen and oxygen atoms in total. The van der Waals surface area contributed by atoms with Crippen molar-refractivity contribution in [2.24, 2.45) is 0 Å². The molecule has 1 aliphatic carbocycles. The number of nitrogens with one attached hydrogen (secondary N) is 1. The number of pyridine rings is 1. The fraction of sp³-hybridized carbons (Fsp3) is 0.188. The zero-order valence-corrected chi connectivity index (χ0v) is 11.2. The van der Waals surface area contributed by atoms with E-state index in [-0.39, 0.29) is 17.4 Å². The molecule has 5 heteroatoms. The van der Waals surface area contributed by atoms with Crippen molar-refractivity contribution in [3.05, 3.63) is 59.4 Å². The van der Waals surface area contributed by atoms with E-state index in [0.29, 0.717) is 11.3 Å². The molecule has 2 N–H and O–H groups in total. The van der Waals surface area contributed by atoms with Crippen LogP contribution >= 0.6 is 0 Å². The molecule has 1 amide bonds. The number of nitrogens with zero attached hydrogens (tertiary/aromatic N) is 1. The summed E-state index contributed by atoms with van der Waals surface area (Å²) in [4.78, 5) is 27.4. The molecule has 1 aliphatic rings. The molecular weight excluding hydrogens is 268 g/mol. The minimum Gasteiger partial charge on any atom is -0.478 e. The van der Waals surface area contributed by atoms with Crippen LogP contribution in [0.3, 0.4) is 0 Å². The van der Waals surface area contributed by atoms with Gasteiger partial charge < -0.3 is 10.4 Å². The first-order valence-electron chi connectivity index (χ1n) is 6.74. The number of carbonyl (C=O) groups excluding carboxylic acids is 1. The zero-order chi connectivity index (χ0) is 14.8. The van der Waals surface area contributed by atoms with E-state index in [1.165, 1.54) is 6.20 Å². The van der Waals surface area contributed by atoms with Crippen molar-refractivity contribution < 1.29 is 14.7 Å². The first-order chi connectivity index (χ1) is 10.2. The largest absolute Gasteiger partial charge is 0.478 e. The van der Waals surface area contributed by atoms with Gasteiger partial charge in [0.2, 0.25) is 0 Å². The van der Waals surface area contributed by atoms with E-state index in [1.807, 2.05) is 0 Å². The number of carboxylic acid groups (broad SMARTS) is 1. The second-order valence-electron chi connectivity index (χ2n) is 5.04. The van der Waals surface area contributed by atoms with Crippen molar-refractivity contribution in [2.45, 2.75) is 18.8 Å². The Labute approximate surface area is 121 Å². The maximum Gasteiger partial charge on any atom is 0.336 e. The fourth-order valence-corrected chi connectivity index (χ4v) is 2.36. The highest BCUT2D eigenvalue weighted by Crippen LogP contribution is 2.45. The highest BCUT2D eigenvalue weighted by Gasteiger charge is 2.31. The van der Waals surface area contributed by atoms with Gasteiger partial charge in [0, 0.05) is 18.1 Å². The van der Waals surface area contributed by atoms with Crippen LogP contribution in [0, 0.1) is 0 Å². The van der Waals surface area contributed by atoms with Crippen LogP contribution in [0.5, 0.6) is 0 Å².